The molecule has 2 nitrogen and oxygen atoms in total. The minimum Gasteiger partial charge on any atom is -0.508 e. The molecule has 106 valence electrons. The minimum absolute atomic E-state index is 0.0253. The molecule has 0 saturated heterocycles. The van der Waals surface area contributed by atoms with Crippen LogP contribution in [-0.4, -0.2) is 5.11 Å². The second-order valence-corrected chi connectivity index (χ2v) is 4.74. The number of phenols is 1. The van der Waals surface area contributed by atoms with Crippen LogP contribution in [-0.2, 0) is 6.54 Å². The summed E-state index contributed by atoms with van der Waals surface area (Å²) in [6, 6.07) is 13.4. The molecule has 0 amide bonds. The largest absolute Gasteiger partial charge is 0.508 e. The number of rotatable bonds is 5. The first kappa shape index (κ1) is 14.5. The average molecular weight is 277 g/mol. The van der Waals surface area contributed by atoms with Crippen molar-refractivity contribution in [2.24, 2.45) is 0 Å². The Morgan fingerprint density at radius 2 is 1.75 bits per heavy atom. The average Bonchev–Trinajstić information content (AvgIpc) is 2.45. The SMILES string of the molecule is CC(NCc1cccc(C(F)F)c1)c1cccc(O)c1. The number of halogens is 2. The van der Waals surface area contributed by atoms with Crippen molar-refractivity contribution in [3.05, 3.63) is 65.2 Å². The Morgan fingerprint density at radius 1 is 1.05 bits per heavy atom. The van der Waals surface area contributed by atoms with E-state index in [-0.39, 0.29) is 17.4 Å². The molecule has 0 aliphatic carbocycles. The molecule has 0 saturated carbocycles. The first-order valence-electron chi connectivity index (χ1n) is 6.45. The number of phenolic OH excluding ortho intramolecular Hbond substituents is 1. The first-order valence-corrected chi connectivity index (χ1v) is 6.45. The third-order valence-corrected chi connectivity index (χ3v) is 3.19. The summed E-state index contributed by atoms with van der Waals surface area (Å²) in [5.74, 6) is 0.218. The monoisotopic (exact) mass is 277 g/mol. The van der Waals surface area contributed by atoms with Gasteiger partial charge in [0.25, 0.3) is 6.43 Å². The highest BCUT2D eigenvalue weighted by atomic mass is 19.3. The van der Waals surface area contributed by atoms with E-state index in [2.05, 4.69) is 5.32 Å². The van der Waals surface area contributed by atoms with Gasteiger partial charge in [0.05, 0.1) is 0 Å². The van der Waals surface area contributed by atoms with Crippen molar-refractivity contribution >= 4 is 0 Å². The number of nitrogens with one attached hydrogen (secondary N) is 1. The van der Waals surface area contributed by atoms with Gasteiger partial charge in [-0.1, -0.05) is 30.3 Å². The predicted octanol–water partition coefficient (Wildman–Crippen LogP) is 4.18. The lowest BCUT2D eigenvalue weighted by Gasteiger charge is -2.15. The van der Waals surface area contributed by atoms with Crippen LogP contribution in [0.5, 0.6) is 5.75 Å². The number of alkyl halides is 2. The van der Waals surface area contributed by atoms with Gasteiger partial charge in [0.1, 0.15) is 5.75 Å². The molecule has 0 aliphatic rings. The zero-order valence-corrected chi connectivity index (χ0v) is 11.2. The zero-order valence-electron chi connectivity index (χ0n) is 11.2. The van der Waals surface area contributed by atoms with Crippen LogP contribution in [0.2, 0.25) is 0 Å². The summed E-state index contributed by atoms with van der Waals surface area (Å²) in [6.45, 7) is 2.46. The molecule has 2 rings (SSSR count). The molecule has 0 aromatic heterocycles. The maximum Gasteiger partial charge on any atom is 0.263 e. The van der Waals surface area contributed by atoms with Gasteiger partial charge in [-0.25, -0.2) is 8.78 Å². The van der Waals surface area contributed by atoms with Gasteiger partial charge < -0.3 is 10.4 Å². The summed E-state index contributed by atoms with van der Waals surface area (Å²) in [5, 5.41) is 12.7. The van der Waals surface area contributed by atoms with E-state index < -0.39 is 6.43 Å². The molecule has 0 radical (unpaired) electrons. The van der Waals surface area contributed by atoms with Gasteiger partial charge >= 0.3 is 0 Å². The molecule has 0 aliphatic heterocycles. The van der Waals surface area contributed by atoms with Gasteiger partial charge in [-0.15, -0.1) is 0 Å². The lowest BCUT2D eigenvalue weighted by atomic mass is 10.1. The Morgan fingerprint density at radius 3 is 2.45 bits per heavy atom. The third-order valence-electron chi connectivity index (χ3n) is 3.19. The molecule has 2 aromatic carbocycles. The molecule has 4 heteroatoms. The van der Waals surface area contributed by atoms with Gasteiger partial charge in [-0.2, -0.15) is 0 Å². The quantitative estimate of drug-likeness (QED) is 0.859. The van der Waals surface area contributed by atoms with E-state index in [4.69, 9.17) is 0 Å². The van der Waals surface area contributed by atoms with Gasteiger partial charge in [0.2, 0.25) is 0 Å². The second-order valence-electron chi connectivity index (χ2n) is 4.74. The molecule has 0 heterocycles. The van der Waals surface area contributed by atoms with Gasteiger partial charge in [0, 0.05) is 18.2 Å². The van der Waals surface area contributed by atoms with E-state index in [0.717, 1.165) is 11.1 Å². The highest BCUT2D eigenvalue weighted by Gasteiger charge is 2.08. The number of hydrogen-bond donors (Lipinski definition) is 2. The Kier molecular flexibility index (Phi) is 4.69. The van der Waals surface area contributed by atoms with Crippen molar-refractivity contribution in [1.82, 2.24) is 5.32 Å². The van der Waals surface area contributed by atoms with Crippen LogP contribution >= 0.6 is 0 Å². The molecule has 0 spiro atoms. The van der Waals surface area contributed by atoms with Crippen LogP contribution in [0.25, 0.3) is 0 Å². The first-order chi connectivity index (χ1) is 9.56. The van der Waals surface area contributed by atoms with Gasteiger partial charge in [-0.05, 0) is 36.2 Å². The van der Waals surface area contributed by atoms with Crippen molar-refractivity contribution < 1.29 is 13.9 Å². The Balaban J connectivity index is 1.99. The molecular formula is C16H17F2NO. The highest BCUT2D eigenvalue weighted by Crippen LogP contribution is 2.21. The Hall–Kier alpha value is -1.94. The third kappa shape index (κ3) is 3.78. The van der Waals surface area contributed by atoms with Crippen LogP contribution < -0.4 is 5.32 Å². The molecule has 2 N–H and O–H groups in total. The molecule has 0 fully saturated rings. The normalized spacial score (nSPS) is 12.6. The maximum absolute atomic E-state index is 12.6. The van der Waals surface area contributed by atoms with E-state index >= 15 is 0 Å². The van der Waals surface area contributed by atoms with E-state index in [1.54, 1.807) is 24.3 Å². The molecular weight excluding hydrogens is 260 g/mol. The summed E-state index contributed by atoms with van der Waals surface area (Å²) < 4.78 is 25.2. The van der Waals surface area contributed by atoms with Crippen LogP contribution in [0, 0.1) is 0 Å². The van der Waals surface area contributed by atoms with Crippen LogP contribution in [0.15, 0.2) is 48.5 Å². The van der Waals surface area contributed by atoms with Crippen LogP contribution in [0.1, 0.15) is 36.1 Å². The number of benzene rings is 2. The minimum atomic E-state index is -2.45. The summed E-state index contributed by atoms with van der Waals surface area (Å²) in [6.07, 6.45) is -2.45. The molecule has 20 heavy (non-hydrogen) atoms. The fourth-order valence-corrected chi connectivity index (χ4v) is 2.02. The summed E-state index contributed by atoms with van der Waals surface area (Å²) in [4.78, 5) is 0. The molecule has 0 bridgehead atoms. The van der Waals surface area contributed by atoms with E-state index in [0.29, 0.717) is 6.54 Å². The lowest BCUT2D eigenvalue weighted by molar-refractivity contribution is 0.151. The van der Waals surface area contributed by atoms with E-state index in [1.807, 2.05) is 19.1 Å². The molecule has 1 atom stereocenters. The number of aromatic hydroxyl groups is 1. The van der Waals surface area contributed by atoms with Gasteiger partial charge in [0.15, 0.2) is 0 Å². The smallest absolute Gasteiger partial charge is 0.263 e. The second kappa shape index (κ2) is 6.48. The lowest BCUT2D eigenvalue weighted by Crippen LogP contribution is -2.18. The maximum atomic E-state index is 12.6. The summed E-state index contributed by atoms with van der Waals surface area (Å²) in [5.41, 5.74) is 1.80. The van der Waals surface area contributed by atoms with Crippen molar-refractivity contribution in [1.29, 1.82) is 0 Å². The Bertz CT molecular complexity index is 572. The fourth-order valence-electron chi connectivity index (χ4n) is 2.02. The summed E-state index contributed by atoms with van der Waals surface area (Å²) in [7, 11) is 0. The van der Waals surface area contributed by atoms with Crippen molar-refractivity contribution in [2.75, 3.05) is 0 Å². The number of hydrogen-bond acceptors (Lipinski definition) is 2. The molecule has 2 aromatic rings. The van der Waals surface area contributed by atoms with Crippen LogP contribution in [0.3, 0.4) is 0 Å². The topological polar surface area (TPSA) is 32.3 Å². The van der Waals surface area contributed by atoms with Crippen LogP contribution in [0.4, 0.5) is 8.78 Å². The Labute approximate surface area is 117 Å². The highest BCUT2D eigenvalue weighted by molar-refractivity contribution is 5.29. The van der Waals surface area contributed by atoms with Gasteiger partial charge in [-0.3, -0.25) is 0 Å². The fraction of sp³-hybridized carbons (Fsp3) is 0.250. The summed E-state index contributed by atoms with van der Waals surface area (Å²) >= 11 is 0. The van der Waals surface area contributed by atoms with E-state index in [9.17, 15) is 13.9 Å². The van der Waals surface area contributed by atoms with Crippen molar-refractivity contribution in [3.8, 4) is 5.75 Å². The molecule has 1 unspecified atom stereocenters. The van der Waals surface area contributed by atoms with Crippen molar-refractivity contribution in [2.45, 2.75) is 25.9 Å². The standard InChI is InChI=1S/C16H17F2NO/c1-11(13-5-3-7-15(20)9-13)19-10-12-4-2-6-14(8-12)16(17)18/h2-9,11,16,19-20H,10H2,1H3. The van der Waals surface area contributed by atoms with Crippen molar-refractivity contribution in [3.63, 3.8) is 0 Å². The van der Waals surface area contributed by atoms with E-state index in [1.165, 1.54) is 12.1 Å². The zero-order chi connectivity index (χ0) is 14.5. The predicted molar refractivity (Wildman–Crippen MR) is 74.8 cm³/mol.